The second-order valence-corrected chi connectivity index (χ2v) is 5.08. The van der Waals surface area contributed by atoms with Crippen LogP contribution in [0.4, 0.5) is 5.13 Å². The number of carboxylic acids is 1. The Morgan fingerprint density at radius 3 is 2.50 bits per heavy atom. The molecule has 0 aliphatic rings. The summed E-state index contributed by atoms with van der Waals surface area (Å²) in [6, 6.07) is 6.81. The molecule has 1 amide bonds. The van der Waals surface area contributed by atoms with Crippen molar-refractivity contribution >= 4 is 44.3 Å². The Morgan fingerprint density at radius 1 is 1.28 bits per heavy atom. The highest BCUT2D eigenvalue weighted by Gasteiger charge is 2.11. The van der Waals surface area contributed by atoms with E-state index < -0.39 is 5.97 Å². The van der Waals surface area contributed by atoms with Gasteiger partial charge >= 0.3 is 5.97 Å². The number of thiazole rings is 1. The molecule has 2 rings (SSSR count). The molecule has 0 spiro atoms. The predicted molar refractivity (Wildman–Crippen MR) is 71.2 cm³/mol. The SMILES string of the molecule is O=C(Nc1nc(C(=O)O)cs1)c1ccc(Br)cc1. The number of carbonyl (C=O) groups is 2. The number of anilines is 1. The summed E-state index contributed by atoms with van der Waals surface area (Å²) in [5.41, 5.74) is 0.399. The van der Waals surface area contributed by atoms with E-state index in [4.69, 9.17) is 5.11 Å². The molecule has 1 heterocycles. The lowest BCUT2D eigenvalue weighted by molar-refractivity contribution is 0.0691. The Labute approximate surface area is 115 Å². The molecular formula is C11H7BrN2O3S. The lowest BCUT2D eigenvalue weighted by Gasteiger charge is -2.01. The van der Waals surface area contributed by atoms with Gasteiger partial charge in [0, 0.05) is 15.4 Å². The molecule has 1 aromatic heterocycles. The van der Waals surface area contributed by atoms with Gasteiger partial charge in [-0.15, -0.1) is 11.3 Å². The molecule has 0 bridgehead atoms. The number of nitrogens with zero attached hydrogens (tertiary/aromatic N) is 1. The molecule has 0 unspecified atom stereocenters. The Morgan fingerprint density at radius 2 is 1.94 bits per heavy atom. The minimum Gasteiger partial charge on any atom is -0.476 e. The molecule has 18 heavy (non-hydrogen) atoms. The van der Waals surface area contributed by atoms with Crippen molar-refractivity contribution in [3.63, 3.8) is 0 Å². The van der Waals surface area contributed by atoms with Crippen LogP contribution in [-0.4, -0.2) is 22.0 Å². The van der Waals surface area contributed by atoms with Gasteiger partial charge in [-0.2, -0.15) is 0 Å². The Balaban J connectivity index is 2.11. The predicted octanol–water partition coefficient (Wildman–Crippen LogP) is 2.86. The second kappa shape index (κ2) is 5.28. The van der Waals surface area contributed by atoms with E-state index >= 15 is 0 Å². The highest BCUT2D eigenvalue weighted by Crippen LogP contribution is 2.17. The van der Waals surface area contributed by atoms with E-state index in [9.17, 15) is 9.59 Å². The van der Waals surface area contributed by atoms with Gasteiger partial charge < -0.3 is 5.11 Å². The number of aromatic nitrogens is 1. The van der Waals surface area contributed by atoms with E-state index in [-0.39, 0.29) is 16.7 Å². The van der Waals surface area contributed by atoms with E-state index in [1.54, 1.807) is 24.3 Å². The average molecular weight is 327 g/mol. The zero-order chi connectivity index (χ0) is 13.1. The van der Waals surface area contributed by atoms with E-state index in [1.165, 1.54) is 5.38 Å². The molecule has 2 aromatic rings. The first-order valence-electron chi connectivity index (χ1n) is 4.82. The first-order chi connectivity index (χ1) is 8.56. The molecular weight excluding hydrogens is 320 g/mol. The molecule has 5 nitrogen and oxygen atoms in total. The highest BCUT2D eigenvalue weighted by molar-refractivity contribution is 9.10. The van der Waals surface area contributed by atoms with Crippen LogP contribution in [0.2, 0.25) is 0 Å². The third-order valence-electron chi connectivity index (χ3n) is 2.05. The van der Waals surface area contributed by atoms with Gasteiger partial charge in [0.05, 0.1) is 0 Å². The molecule has 7 heteroatoms. The van der Waals surface area contributed by atoms with E-state index in [1.807, 2.05) is 0 Å². The smallest absolute Gasteiger partial charge is 0.355 e. The van der Waals surface area contributed by atoms with Crippen molar-refractivity contribution in [3.8, 4) is 0 Å². The van der Waals surface area contributed by atoms with Crippen molar-refractivity contribution in [3.05, 3.63) is 45.4 Å². The van der Waals surface area contributed by atoms with Crippen LogP contribution >= 0.6 is 27.3 Å². The van der Waals surface area contributed by atoms with Crippen LogP contribution in [0.15, 0.2) is 34.1 Å². The fourth-order valence-electron chi connectivity index (χ4n) is 1.20. The van der Waals surface area contributed by atoms with Crippen LogP contribution in [0.3, 0.4) is 0 Å². The summed E-state index contributed by atoms with van der Waals surface area (Å²) >= 11 is 4.34. The molecule has 0 radical (unpaired) electrons. The fraction of sp³-hybridized carbons (Fsp3) is 0. The van der Waals surface area contributed by atoms with Gasteiger partial charge in [0.1, 0.15) is 0 Å². The number of aromatic carboxylic acids is 1. The zero-order valence-electron chi connectivity index (χ0n) is 8.88. The number of carbonyl (C=O) groups excluding carboxylic acids is 1. The zero-order valence-corrected chi connectivity index (χ0v) is 11.3. The molecule has 1 aromatic carbocycles. The monoisotopic (exact) mass is 326 g/mol. The van der Waals surface area contributed by atoms with Gasteiger partial charge in [-0.3, -0.25) is 10.1 Å². The molecule has 0 aliphatic carbocycles. The first kappa shape index (κ1) is 12.7. The van der Waals surface area contributed by atoms with Crippen molar-refractivity contribution < 1.29 is 14.7 Å². The Hall–Kier alpha value is -1.73. The Kier molecular flexibility index (Phi) is 3.73. The van der Waals surface area contributed by atoms with Crippen LogP contribution in [0, 0.1) is 0 Å². The number of benzene rings is 1. The largest absolute Gasteiger partial charge is 0.476 e. The minimum atomic E-state index is -1.12. The van der Waals surface area contributed by atoms with E-state index in [0.29, 0.717) is 5.56 Å². The maximum Gasteiger partial charge on any atom is 0.355 e. The number of amides is 1. The van der Waals surface area contributed by atoms with Gasteiger partial charge in [0.2, 0.25) is 0 Å². The maximum atomic E-state index is 11.8. The molecule has 2 N–H and O–H groups in total. The van der Waals surface area contributed by atoms with E-state index in [0.717, 1.165) is 15.8 Å². The van der Waals surface area contributed by atoms with Crippen molar-refractivity contribution in [1.29, 1.82) is 0 Å². The number of rotatable bonds is 3. The van der Waals surface area contributed by atoms with Gasteiger partial charge in [-0.25, -0.2) is 9.78 Å². The summed E-state index contributed by atoms with van der Waals surface area (Å²) in [7, 11) is 0. The molecule has 0 saturated carbocycles. The third-order valence-corrected chi connectivity index (χ3v) is 3.34. The van der Waals surface area contributed by atoms with Gasteiger partial charge in [0.25, 0.3) is 5.91 Å². The number of halogens is 1. The second-order valence-electron chi connectivity index (χ2n) is 3.30. The van der Waals surface area contributed by atoms with Gasteiger partial charge in [0.15, 0.2) is 10.8 Å². The van der Waals surface area contributed by atoms with Crippen LogP contribution < -0.4 is 5.32 Å². The quantitative estimate of drug-likeness (QED) is 0.908. The number of nitrogens with one attached hydrogen (secondary N) is 1. The van der Waals surface area contributed by atoms with E-state index in [2.05, 4.69) is 26.2 Å². The van der Waals surface area contributed by atoms with Crippen LogP contribution in [-0.2, 0) is 0 Å². The Bertz CT molecular complexity index is 595. The van der Waals surface area contributed by atoms with Crippen LogP contribution in [0.1, 0.15) is 20.8 Å². The topological polar surface area (TPSA) is 79.3 Å². The average Bonchev–Trinajstić information content (AvgIpc) is 2.78. The lowest BCUT2D eigenvalue weighted by atomic mass is 10.2. The van der Waals surface area contributed by atoms with Gasteiger partial charge in [-0.1, -0.05) is 15.9 Å². The molecule has 0 aliphatic heterocycles. The van der Waals surface area contributed by atoms with Crippen molar-refractivity contribution in [1.82, 2.24) is 4.98 Å². The molecule has 92 valence electrons. The standard InChI is InChI=1S/C11H7BrN2O3S/c12-7-3-1-6(2-4-7)9(15)14-11-13-8(5-18-11)10(16)17/h1-5H,(H,16,17)(H,13,14,15). The summed E-state index contributed by atoms with van der Waals surface area (Å²) in [6.07, 6.45) is 0. The molecule has 0 saturated heterocycles. The summed E-state index contributed by atoms with van der Waals surface area (Å²) in [5.74, 6) is -1.44. The molecule has 0 atom stereocenters. The van der Waals surface area contributed by atoms with Crippen LogP contribution in [0.5, 0.6) is 0 Å². The fourth-order valence-corrected chi connectivity index (χ4v) is 2.14. The third kappa shape index (κ3) is 2.93. The van der Waals surface area contributed by atoms with Crippen molar-refractivity contribution in [2.24, 2.45) is 0 Å². The van der Waals surface area contributed by atoms with Crippen molar-refractivity contribution in [2.45, 2.75) is 0 Å². The maximum absolute atomic E-state index is 11.8. The summed E-state index contributed by atoms with van der Waals surface area (Å²) in [5, 5.41) is 12.9. The summed E-state index contributed by atoms with van der Waals surface area (Å²) in [4.78, 5) is 26.2. The summed E-state index contributed by atoms with van der Waals surface area (Å²) in [6.45, 7) is 0. The first-order valence-corrected chi connectivity index (χ1v) is 6.49. The van der Waals surface area contributed by atoms with Crippen LogP contribution in [0.25, 0.3) is 0 Å². The highest BCUT2D eigenvalue weighted by atomic mass is 79.9. The normalized spacial score (nSPS) is 10.1. The number of hydrogen-bond donors (Lipinski definition) is 2. The van der Waals surface area contributed by atoms with Crippen molar-refractivity contribution in [2.75, 3.05) is 5.32 Å². The summed E-state index contributed by atoms with van der Waals surface area (Å²) < 4.78 is 0.876. The number of hydrogen-bond acceptors (Lipinski definition) is 4. The lowest BCUT2D eigenvalue weighted by Crippen LogP contribution is -2.11. The van der Waals surface area contributed by atoms with Gasteiger partial charge in [-0.05, 0) is 24.3 Å². The molecule has 0 fully saturated rings. The number of carboxylic acid groups (broad SMARTS) is 1. The minimum absolute atomic E-state index is 0.0777.